The molecule has 3 heteroatoms. The van der Waals surface area contributed by atoms with Gasteiger partial charge in [-0.2, -0.15) is 0 Å². The van der Waals surface area contributed by atoms with Crippen LogP contribution in [0.3, 0.4) is 0 Å². The van der Waals surface area contributed by atoms with Gasteiger partial charge in [0.05, 0.1) is 11.8 Å². The van der Waals surface area contributed by atoms with E-state index in [0.29, 0.717) is 11.3 Å². The summed E-state index contributed by atoms with van der Waals surface area (Å²) in [7, 11) is 0. The molecular formula is C12H18FNO. The van der Waals surface area contributed by atoms with Crippen LogP contribution in [-0.4, -0.2) is 18.2 Å². The first-order valence-corrected chi connectivity index (χ1v) is 5.32. The van der Waals surface area contributed by atoms with Crippen molar-refractivity contribution < 1.29 is 9.50 Å². The van der Waals surface area contributed by atoms with Crippen LogP contribution in [0.25, 0.3) is 0 Å². The molecular weight excluding hydrogens is 193 g/mol. The van der Waals surface area contributed by atoms with Gasteiger partial charge in [-0.25, -0.2) is 4.39 Å². The van der Waals surface area contributed by atoms with Gasteiger partial charge in [-0.1, -0.05) is 6.07 Å². The smallest absolute Gasteiger partial charge is 0.146 e. The lowest BCUT2D eigenvalue weighted by Crippen LogP contribution is -2.23. The Kier molecular flexibility index (Phi) is 4.09. The second kappa shape index (κ2) is 5.12. The van der Waals surface area contributed by atoms with E-state index >= 15 is 0 Å². The van der Waals surface area contributed by atoms with E-state index in [0.717, 1.165) is 13.1 Å². The van der Waals surface area contributed by atoms with Gasteiger partial charge < -0.3 is 10.0 Å². The quantitative estimate of drug-likeness (QED) is 0.827. The molecule has 1 N–H and O–H groups in total. The predicted octanol–water partition coefficient (Wildman–Crippen LogP) is 2.73. The Morgan fingerprint density at radius 2 is 1.93 bits per heavy atom. The molecule has 0 heterocycles. The number of anilines is 1. The molecule has 0 fully saturated rings. The molecule has 1 rings (SSSR count). The van der Waals surface area contributed by atoms with Gasteiger partial charge in [0.2, 0.25) is 0 Å². The molecule has 0 bridgehead atoms. The minimum Gasteiger partial charge on any atom is -0.389 e. The molecule has 1 aromatic carbocycles. The van der Waals surface area contributed by atoms with Gasteiger partial charge >= 0.3 is 0 Å². The molecule has 1 aromatic rings. The van der Waals surface area contributed by atoms with E-state index in [1.54, 1.807) is 19.1 Å². The van der Waals surface area contributed by atoms with Crippen LogP contribution < -0.4 is 4.90 Å². The fourth-order valence-corrected chi connectivity index (χ4v) is 1.60. The lowest BCUT2D eigenvalue weighted by molar-refractivity contribution is 0.199. The fraction of sp³-hybridized carbons (Fsp3) is 0.500. The van der Waals surface area contributed by atoms with Crippen LogP contribution in [-0.2, 0) is 0 Å². The molecule has 0 radical (unpaired) electrons. The van der Waals surface area contributed by atoms with E-state index in [-0.39, 0.29) is 5.82 Å². The van der Waals surface area contributed by atoms with Crippen molar-refractivity contribution in [3.8, 4) is 0 Å². The summed E-state index contributed by atoms with van der Waals surface area (Å²) >= 11 is 0. The number of benzene rings is 1. The van der Waals surface area contributed by atoms with Crippen LogP contribution in [0.4, 0.5) is 10.1 Å². The average molecular weight is 211 g/mol. The molecule has 84 valence electrons. The Morgan fingerprint density at radius 3 is 2.33 bits per heavy atom. The second-order valence-electron chi connectivity index (χ2n) is 3.56. The summed E-state index contributed by atoms with van der Waals surface area (Å²) in [6.07, 6.45) is -0.620. The molecule has 15 heavy (non-hydrogen) atoms. The Labute approximate surface area is 90.3 Å². The highest BCUT2D eigenvalue weighted by molar-refractivity contribution is 5.49. The zero-order valence-electron chi connectivity index (χ0n) is 9.50. The highest BCUT2D eigenvalue weighted by Crippen LogP contribution is 2.23. The van der Waals surface area contributed by atoms with Crippen molar-refractivity contribution in [1.29, 1.82) is 0 Å². The summed E-state index contributed by atoms with van der Waals surface area (Å²) in [5, 5.41) is 9.31. The topological polar surface area (TPSA) is 23.5 Å². The van der Waals surface area contributed by atoms with Crippen molar-refractivity contribution in [2.75, 3.05) is 18.0 Å². The summed E-state index contributed by atoms with van der Waals surface area (Å²) in [6.45, 7) is 7.17. The first kappa shape index (κ1) is 12.0. The molecule has 0 aliphatic rings. The van der Waals surface area contributed by atoms with Gasteiger partial charge in [0.1, 0.15) is 5.82 Å². The van der Waals surface area contributed by atoms with Crippen LogP contribution in [0.2, 0.25) is 0 Å². The summed E-state index contributed by atoms with van der Waals surface area (Å²) in [4.78, 5) is 1.95. The molecule has 0 saturated carbocycles. The minimum absolute atomic E-state index is 0.267. The standard InChI is InChI=1S/C12H18FNO/c1-4-14(5-2)12-7-6-10(9(3)15)8-11(12)13/h6-9,15H,4-5H2,1-3H3/t9-/m1/s1. The van der Waals surface area contributed by atoms with E-state index in [1.807, 2.05) is 18.7 Å². The molecule has 1 atom stereocenters. The maximum Gasteiger partial charge on any atom is 0.146 e. The maximum atomic E-state index is 13.7. The third kappa shape index (κ3) is 2.69. The van der Waals surface area contributed by atoms with Crippen LogP contribution in [0.1, 0.15) is 32.4 Å². The number of rotatable bonds is 4. The van der Waals surface area contributed by atoms with Gasteiger partial charge in [0.15, 0.2) is 0 Å². The largest absolute Gasteiger partial charge is 0.389 e. The van der Waals surface area contributed by atoms with E-state index in [9.17, 15) is 9.50 Å². The lowest BCUT2D eigenvalue weighted by Gasteiger charge is -2.22. The van der Waals surface area contributed by atoms with E-state index in [4.69, 9.17) is 0 Å². The number of aliphatic hydroxyl groups is 1. The number of aliphatic hydroxyl groups excluding tert-OH is 1. The van der Waals surface area contributed by atoms with Crippen LogP contribution in [0.15, 0.2) is 18.2 Å². The number of hydrogen-bond acceptors (Lipinski definition) is 2. The molecule has 0 aliphatic heterocycles. The third-order valence-electron chi connectivity index (χ3n) is 2.56. The van der Waals surface area contributed by atoms with Crippen LogP contribution in [0.5, 0.6) is 0 Å². The molecule has 0 saturated heterocycles. The first-order chi connectivity index (χ1) is 7.10. The fourth-order valence-electron chi connectivity index (χ4n) is 1.60. The Bertz CT molecular complexity index is 321. The molecule has 0 unspecified atom stereocenters. The Balaban J connectivity index is 3.02. The van der Waals surface area contributed by atoms with Crippen molar-refractivity contribution >= 4 is 5.69 Å². The second-order valence-corrected chi connectivity index (χ2v) is 3.56. The van der Waals surface area contributed by atoms with Crippen molar-refractivity contribution in [3.63, 3.8) is 0 Å². The zero-order chi connectivity index (χ0) is 11.4. The molecule has 2 nitrogen and oxygen atoms in total. The van der Waals surface area contributed by atoms with Gasteiger partial charge in [-0.15, -0.1) is 0 Å². The summed E-state index contributed by atoms with van der Waals surface area (Å²) in [5.74, 6) is -0.267. The number of halogens is 1. The predicted molar refractivity (Wildman–Crippen MR) is 60.6 cm³/mol. The van der Waals surface area contributed by atoms with Gasteiger partial charge in [0.25, 0.3) is 0 Å². The zero-order valence-corrected chi connectivity index (χ0v) is 9.50. The molecule has 0 amide bonds. The van der Waals surface area contributed by atoms with Crippen molar-refractivity contribution in [2.45, 2.75) is 26.9 Å². The summed E-state index contributed by atoms with van der Waals surface area (Å²) in [5.41, 5.74) is 1.22. The van der Waals surface area contributed by atoms with E-state index in [1.165, 1.54) is 6.07 Å². The van der Waals surface area contributed by atoms with Gasteiger partial charge in [-0.05, 0) is 38.5 Å². The van der Waals surface area contributed by atoms with E-state index < -0.39 is 6.10 Å². The van der Waals surface area contributed by atoms with Crippen molar-refractivity contribution in [2.24, 2.45) is 0 Å². The molecule has 0 aliphatic carbocycles. The molecule has 0 aromatic heterocycles. The Morgan fingerprint density at radius 1 is 1.33 bits per heavy atom. The summed E-state index contributed by atoms with van der Waals surface area (Å²) < 4.78 is 13.7. The van der Waals surface area contributed by atoms with Crippen molar-refractivity contribution in [3.05, 3.63) is 29.6 Å². The van der Waals surface area contributed by atoms with Gasteiger partial charge in [-0.3, -0.25) is 0 Å². The first-order valence-electron chi connectivity index (χ1n) is 5.32. The summed E-state index contributed by atoms with van der Waals surface area (Å²) in [6, 6.07) is 4.89. The Hall–Kier alpha value is -1.09. The van der Waals surface area contributed by atoms with Crippen molar-refractivity contribution in [1.82, 2.24) is 0 Å². The maximum absolute atomic E-state index is 13.7. The lowest BCUT2D eigenvalue weighted by atomic mass is 10.1. The average Bonchev–Trinajstić information content (AvgIpc) is 2.21. The monoisotopic (exact) mass is 211 g/mol. The van der Waals surface area contributed by atoms with E-state index in [2.05, 4.69) is 0 Å². The molecule has 0 spiro atoms. The normalized spacial score (nSPS) is 12.6. The number of hydrogen-bond donors (Lipinski definition) is 1. The highest BCUT2D eigenvalue weighted by atomic mass is 19.1. The van der Waals surface area contributed by atoms with Crippen LogP contribution >= 0.6 is 0 Å². The SMILES string of the molecule is CCN(CC)c1ccc([C@@H](C)O)cc1F. The number of nitrogens with zero attached hydrogens (tertiary/aromatic N) is 1. The minimum atomic E-state index is -0.620. The highest BCUT2D eigenvalue weighted by Gasteiger charge is 2.10. The van der Waals surface area contributed by atoms with Gasteiger partial charge in [0, 0.05) is 13.1 Å². The third-order valence-corrected chi connectivity index (χ3v) is 2.56. The van der Waals surface area contributed by atoms with Crippen LogP contribution in [0, 0.1) is 5.82 Å².